The molecule has 1 rings (SSSR count). The average Bonchev–Trinajstić information content (AvgIpc) is 1.91. The number of rotatable bonds is 2. The first-order chi connectivity index (χ1) is 4.43. The predicted molar refractivity (Wildman–Crippen MR) is 34.4 cm³/mol. The van der Waals surface area contributed by atoms with Crippen molar-refractivity contribution in [1.29, 1.82) is 0 Å². The minimum absolute atomic E-state index is 0. The van der Waals surface area contributed by atoms with Crippen molar-refractivity contribution in [3.63, 3.8) is 0 Å². The number of carbonyl (C=O) groups is 1. The summed E-state index contributed by atoms with van der Waals surface area (Å²) in [6, 6.07) is 0. The largest absolute Gasteiger partial charge is 1.00 e. The van der Waals surface area contributed by atoms with Crippen molar-refractivity contribution >= 4 is 6.29 Å². The van der Waals surface area contributed by atoms with Crippen LogP contribution in [0.3, 0.4) is 0 Å². The number of hydrogen-bond acceptors (Lipinski definition) is 3. The topological polar surface area (TPSA) is 29.5 Å². The Morgan fingerprint density at radius 3 is 2.60 bits per heavy atom. The summed E-state index contributed by atoms with van der Waals surface area (Å²) < 4.78 is 5.09. The molecule has 0 aromatic carbocycles. The molecule has 0 N–H and O–H groups in total. The maximum absolute atomic E-state index is 9.99. The van der Waals surface area contributed by atoms with Crippen LogP contribution in [0.2, 0.25) is 0 Å². The molecule has 3 nitrogen and oxygen atoms in total. The quantitative estimate of drug-likeness (QED) is 0.306. The standard InChI is InChI=1S/C6H11NO2.Na.H/c8-4-1-7-2-5-9-6-3-7;;/h4H,1-3,5-6H2;;/q;+1;-1. The fourth-order valence-corrected chi connectivity index (χ4v) is 0.889. The van der Waals surface area contributed by atoms with Crippen molar-refractivity contribution in [2.45, 2.75) is 0 Å². The zero-order valence-corrected chi connectivity index (χ0v) is 8.38. The van der Waals surface area contributed by atoms with Gasteiger partial charge in [0, 0.05) is 13.1 Å². The van der Waals surface area contributed by atoms with Crippen molar-refractivity contribution in [3.8, 4) is 0 Å². The van der Waals surface area contributed by atoms with Gasteiger partial charge in [-0.3, -0.25) is 4.90 Å². The van der Waals surface area contributed by atoms with Gasteiger partial charge in [-0.2, -0.15) is 0 Å². The van der Waals surface area contributed by atoms with E-state index in [-0.39, 0.29) is 31.0 Å². The number of hydrogen-bond donors (Lipinski definition) is 0. The first-order valence-corrected chi connectivity index (χ1v) is 3.17. The van der Waals surface area contributed by atoms with Crippen LogP contribution in [0.1, 0.15) is 1.43 Å². The van der Waals surface area contributed by atoms with Gasteiger partial charge in [0.05, 0.1) is 19.8 Å². The minimum atomic E-state index is 0. The molecular formula is C6H12NNaO2. The Morgan fingerprint density at radius 2 is 2.10 bits per heavy atom. The molecule has 0 amide bonds. The second-order valence-electron chi connectivity index (χ2n) is 2.08. The number of aldehydes is 1. The van der Waals surface area contributed by atoms with Crippen LogP contribution in [0.25, 0.3) is 0 Å². The Labute approximate surface area is 84.5 Å². The Balaban J connectivity index is 0. The van der Waals surface area contributed by atoms with Crippen LogP contribution >= 0.6 is 0 Å². The van der Waals surface area contributed by atoms with Crippen LogP contribution in [0, 0.1) is 0 Å². The van der Waals surface area contributed by atoms with E-state index in [0.717, 1.165) is 32.6 Å². The molecule has 0 aromatic rings. The molecule has 0 saturated carbocycles. The van der Waals surface area contributed by atoms with Gasteiger partial charge in [0.15, 0.2) is 0 Å². The van der Waals surface area contributed by atoms with Crippen LogP contribution in [0.5, 0.6) is 0 Å². The summed E-state index contributed by atoms with van der Waals surface area (Å²) >= 11 is 0. The number of nitrogens with zero attached hydrogens (tertiary/aromatic N) is 1. The molecule has 0 bridgehead atoms. The Bertz CT molecular complexity index is 98.6. The summed E-state index contributed by atoms with van der Waals surface area (Å²) in [5, 5.41) is 0. The van der Waals surface area contributed by atoms with Crippen molar-refractivity contribution < 1.29 is 40.5 Å². The van der Waals surface area contributed by atoms with Crippen molar-refractivity contribution in [2.75, 3.05) is 32.8 Å². The van der Waals surface area contributed by atoms with Gasteiger partial charge in [-0.1, -0.05) is 0 Å². The number of carbonyl (C=O) groups excluding carboxylic acids is 1. The SMILES string of the molecule is O=CCN1CCOCC1.[H-].[Na+]. The number of ether oxygens (including phenoxy) is 1. The molecule has 1 aliphatic heterocycles. The molecule has 54 valence electrons. The first-order valence-electron chi connectivity index (χ1n) is 3.17. The summed E-state index contributed by atoms with van der Waals surface area (Å²) in [6.07, 6.45) is 0.936. The van der Waals surface area contributed by atoms with E-state index in [9.17, 15) is 4.79 Å². The maximum atomic E-state index is 9.99. The Hall–Kier alpha value is 0.590. The molecule has 1 fully saturated rings. The maximum Gasteiger partial charge on any atom is 1.00 e. The van der Waals surface area contributed by atoms with E-state index in [2.05, 4.69) is 4.90 Å². The summed E-state index contributed by atoms with van der Waals surface area (Å²) in [6.45, 7) is 3.91. The molecular weight excluding hydrogens is 141 g/mol. The van der Waals surface area contributed by atoms with Crippen molar-refractivity contribution in [2.24, 2.45) is 0 Å². The van der Waals surface area contributed by atoms with E-state index < -0.39 is 0 Å². The summed E-state index contributed by atoms with van der Waals surface area (Å²) in [5.74, 6) is 0. The fourth-order valence-electron chi connectivity index (χ4n) is 0.889. The van der Waals surface area contributed by atoms with Gasteiger partial charge in [0.2, 0.25) is 0 Å². The van der Waals surface area contributed by atoms with Crippen molar-refractivity contribution in [3.05, 3.63) is 0 Å². The first kappa shape index (κ1) is 10.6. The molecule has 10 heavy (non-hydrogen) atoms. The van der Waals surface area contributed by atoms with Gasteiger partial charge >= 0.3 is 29.6 Å². The Morgan fingerprint density at radius 1 is 1.50 bits per heavy atom. The molecule has 1 aliphatic rings. The van der Waals surface area contributed by atoms with E-state index in [1.54, 1.807) is 0 Å². The molecule has 0 aliphatic carbocycles. The number of morpholine rings is 1. The van der Waals surface area contributed by atoms with E-state index in [4.69, 9.17) is 4.74 Å². The molecule has 1 saturated heterocycles. The molecule has 1 heterocycles. The Kier molecular flexibility index (Phi) is 6.68. The summed E-state index contributed by atoms with van der Waals surface area (Å²) in [5.41, 5.74) is 0. The zero-order valence-electron chi connectivity index (χ0n) is 7.38. The average molecular weight is 153 g/mol. The molecule has 0 unspecified atom stereocenters. The second-order valence-corrected chi connectivity index (χ2v) is 2.08. The molecule has 0 radical (unpaired) electrons. The normalized spacial score (nSPS) is 19.6. The monoisotopic (exact) mass is 153 g/mol. The van der Waals surface area contributed by atoms with Gasteiger partial charge in [-0.15, -0.1) is 0 Å². The fraction of sp³-hybridized carbons (Fsp3) is 0.833. The molecule has 0 aromatic heterocycles. The van der Waals surface area contributed by atoms with E-state index in [1.807, 2.05) is 0 Å². The van der Waals surface area contributed by atoms with Crippen LogP contribution < -0.4 is 29.6 Å². The summed E-state index contributed by atoms with van der Waals surface area (Å²) in [4.78, 5) is 12.1. The second kappa shape index (κ2) is 6.31. The minimum Gasteiger partial charge on any atom is -1.00 e. The summed E-state index contributed by atoms with van der Waals surface area (Å²) in [7, 11) is 0. The van der Waals surface area contributed by atoms with E-state index in [1.165, 1.54) is 0 Å². The van der Waals surface area contributed by atoms with Crippen LogP contribution in [0.4, 0.5) is 0 Å². The van der Waals surface area contributed by atoms with Crippen molar-refractivity contribution in [1.82, 2.24) is 4.90 Å². The van der Waals surface area contributed by atoms with Gasteiger partial charge in [-0.05, 0) is 0 Å². The molecule has 0 spiro atoms. The van der Waals surface area contributed by atoms with Gasteiger partial charge in [0.25, 0.3) is 0 Å². The van der Waals surface area contributed by atoms with Gasteiger partial charge in [0.1, 0.15) is 6.29 Å². The van der Waals surface area contributed by atoms with Crippen LogP contribution in [0.15, 0.2) is 0 Å². The van der Waals surface area contributed by atoms with Crippen LogP contribution in [-0.4, -0.2) is 44.0 Å². The van der Waals surface area contributed by atoms with E-state index >= 15 is 0 Å². The molecule has 4 heteroatoms. The third-order valence-electron chi connectivity index (χ3n) is 1.44. The predicted octanol–water partition coefficient (Wildman–Crippen LogP) is -3.37. The van der Waals surface area contributed by atoms with Crippen LogP contribution in [-0.2, 0) is 9.53 Å². The van der Waals surface area contributed by atoms with E-state index in [0.29, 0.717) is 6.54 Å². The smallest absolute Gasteiger partial charge is 1.00 e. The third kappa shape index (κ3) is 3.68. The third-order valence-corrected chi connectivity index (χ3v) is 1.44. The zero-order chi connectivity index (χ0) is 6.53. The van der Waals surface area contributed by atoms with Gasteiger partial charge < -0.3 is 11.0 Å². The van der Waals surface area contributed by atoms with Gasteiger partial charge in [-0.25, -0.2) is 0 Å². The molecule has 0 atom stereocenters.